The first kappa shape index (κ1) is 15.8. The molecule has 0 atom stereocenters. The van der Waals surface area contributed by atoms with E-state index in [9.17, 15) is 4.79 Å². The maximum absolute atomic E-state index is 11.9. The number of benzene rings is 1. The third-order valence-electron chi connectivity index (χ3n) is 3.53. The number of anilines is 1. The van der Waals surface area contributed by atoms with Crippen LogP contribution in [0.5, 0.6) is 0 Å². The fraction of sp³-hybridized carbons (Fsp3) is 0.263. The van der Waals surface area contributed by atoms with Crippen LogP contribution in [-0.2, 0) is 4.79 Å². The van der Waals surface area contributed by atoms with Gasteiger partial charge in [-0.3, -0.25) is 9.69 Å². The Labute approximate surface area is 132 Å². The highest BCUT2D eigenvalue weighted by atomic mass is 16.2. The lowest BCUT2D eigenvalue weighted by atomic mass is 9.83. The average molecular weight is 292 g/mol. The lowest BCUT2D eigenvalue weighted by molar-refractivity contribution is -0.132. The van der Waals surface area contributed by atoms with Gasteiger partial charge in [0.25, 0.3) is 0 Å². The normalized spacial score (nSPS) is 15.2. The van der Waals surface area contributed by atoms with E-state index >= 15 is 0 Å². The van der Waals surface area contributed by atoms with Gasteiger partial charge in [-0.05, 0) is 38.1 Å². The van der Waals surface area contributed by atoms with E-state index in [0.717, 1.165) is 11.1 Å². The van der Waals surface area contributed by atoms with E-state index in [4.69, 9.17) is 0 Å². The molecule has 0 aliphatic carbocycles. The summed E-state index contributed by atoms with van der Waals surface area (Å²) >= 11 is 0. The first-order chi connectivity index (χ1) is 10.1. The summed E-state index contributed by atoms with van der Waals surface area (Å²) in [5.74, 6) is 6.99. The summed E-state index contributed by atoms with van der Waals surface area (Å²) in [5, 5.41) is 0. The zero-order valence-electron chi connectivity index (χ0n) is 12.1. The van der Waals surface area contributed by atoms with Crippen molar-refractivity contribution in [1.29, 1.82) is 0 Å². The monoisotopic (exact) mass is 292 g/mol. The Bertz CT molecular complexity index is 722. The van der Waals surface area contributed by atoms with Crippen molar-refractivity contribution in [1.82, 2.24) is 4.98 Å². The highest BCUT2D eigenvalue weighted by Gasteiger charge is 2.45. The standard InChI is InChI=1S/C18H16N2O.CH4/c1-18(2)13-20(17(18)21)16-11-10-15(12-19-16)9-8-14-6-4-3-5-7-14;/h3-7,10-12H,13H2,1-2H3;1H4. The molecule has 3 rings (SSSR count). The molecule has 22 heavy (non-hydrogen) atoms. The second-order valence-electron chi connectivity index (χ2n) is 5.80. The molecule has 0 unspecified atom stereocenters. The van der Waals surface area contributed by atoms with Gasteiger partial charge in [0.15, 0.2) is 0 Å². The number of hydrogen-bond donors (Lipinski definition) is 0. The number of β-lactam (4-membered cyclic amide) rings is 1. The van der Waals surface area contributed by atoms with E-state index < -0.39 is 0 Å². The summed E-state index contributed by atoms with van der Waals surface area (Å²) < 4.78 is 0. The van der Waals surface area contributed by atoms with Gasteiger partial charge >= 0.3 is 0 Å². The number of rotatable bonds is 1. The number of amides is 1. The van der Waals surface area contributed by atoms with E-state index in [1.807, 2.05) is 56.3 Å². The van der Waals surface area contributed by atoms with E-state index in [0.29, 0.717) is 12.4 Å². The molecule has 0 N–H and O–H groups in total. The van der Waals surface area contributed by atoms with Crippen LogP contribution in [0.4, 0.5) is 5.82 Å². The minimum absolute atomic E-state index is 0. The third-order valence-corrected chi connectivity index (χ3v) is 3.53. The fourth-order valence-electron chi connectivity index (χ4n) is 2.28. The number of hydrogen-bond acceptors (Lipinski definition) is 2. The lowest BCUT2D eigenvalue weighted by Crippen LogP contribution is -2.59. The number of nitrogens with zero attached hydrogens (tertiary/aromatic N) is 2. The van der Waals surface area contributed by atoms with Gasteiger partial charge in [-0.15, -0.1) is 0 Å². The number of carbonyl (C=O) groups excluding carboxylic acids is 1. The molecule has 0 radical (unpaired) electrons. The maximum atomic E-state index is 11.9. The summed E-state index contributed by atoms with van der Waals surface area (Å²) in [6.45, 7) is 4.62. The van der Waals surface area contributed by atoms with Crippen LogP contribution in [-0.4, -0.2) is 17.4 Å². The molecule has 1 aliphatic heterocycles. The summed E-state index contributed by atoms with van der Waals surface area (Å²) in [6.07, 6.45) is 1.71. The van der Waals surface area contributed by atoms with E-state index in [2.05, 4.69) is 16.8 Å². The highest BCUT2D eigenvalue weighted by molar-refractivity contribution is 6.03. The van der Waals surface area contributed by atoms with Crippen LogP contribution in [0, 0.1) is 17.3 Å². The quantitative estimate of drug-likeness (QED) is 0.595. The fourth-order valence-corrected chi connectivity index (χ4v) is 2.28. The molecule has 2 heterocycles. The second kappa shape index (κ2) is 6.03. The van der Waals surface area contributed by atoms with Crippen molar-refractivity contribution in [3.8, 4) is 11.8 Å². The molecule has 1 saturated heterocycles. The van der Waals surface area contributed by atoms with Crippen molar-refractivity contribution in [2.75, 3.05) is 11.4 Å². The van der Waals surface area contributed by atoms with Gasteiger partial charge in [-0.2, -0.15) is 0 Å². The Hall–Kier alpha value is -2.60. The molecule has 1 aromatic carbocycles. The van der Waals surface area contributed by atoms with Gasteiger partial charge in [0.05, 0.1) is 5.41 Å². The van der Waals surface area contributed by atoms with Crippen LogP contribution in [0.3, 0.4) is 0 Å². The van der Waals surface area contributed by atoms with Crippen LogP contribution < -0.4 is 4.90 Å². The van der Waals surface area contributed by atoms with Crippen LogP contribution in [0.2, 0.25) is 0 Å². The van der Waals surface area contributed by atoms with Crippen LogP contribution in [0.15, 0.2) is 48.7 Å². The van der Waals surface area contributed by atoms with Crippen molar-refractivity contribution < 1.29 is 4.79 Å². The zero-order valence-corrected chi connectivity index (χ0v) is 12.1. The SMILES string of the molecule is C.CC1(C)CN(c2ccc(C#Cc3ccccc3)cn2)C1=O. The number of carbonyl (C=O) groups is 1. The Morgan fingerprint density at radius 3 is 2.27 bits per heavy atom. The average Bonchev–Trinajstić information content (AvgIpc) is 2.52. The zero-order chi connectivity index (χ0) is 14.9. The van der Waals surface area contributed by atoms with Gasteiger partial charge in [0.1, 0.15) is 5.82 Å². The first-order valence-electron chi connectivity index (χ1n) is 6.91. The molecule has 3 heteroatoms. The highest BCUT2D eigenvalue weighted by Crippen LogP contribution is 2.33. The summed E-state index contributed by atoms with van der Waals surface area (Å²) in [6, 6.07) is 13.6. The molecule has 112 valence electrons. The Morgan fingerprint density at radius 2 is 1.73 bits per heavy atom. The molecule has 1 aliphatic rings. The molecule has 0 spiro atoms. The molecule has 1 fully saturated rings. The third kappa shape index (κ3) is 3.01. The molecule has 1 aromatic heterocycles. The van der Waals surface area contributed by atoms with Gasteiger partial charge in [-0.1, -0.05) is 37.5 Å². The van der Waals surface area contributed by atoms with Gasteiger partial charge < -0.3 is 0 Å². The Morgan fingerprint density at radius 1 is 1.05 bits per heavy atom. The molecule has 0 saturated carbocycles. The minimum atomic E-state index is -0.256. The largest absolute Gasteiger partial charge is 0.295 e. The predicted molar refractivity (Wildman–Crippen MR) is 89.5 cm³/mol. The first-order valence-corrected chi connectivity index (χ1v) is 6.91. The van der Waals surface area contributed by atoms with Crippen molar-refractivity contribution in [3.63, 3.8) is 0 Å². The van der Waals surface area contributed by atoms with Crippen molar-refractivity contribution in [2.24, 2.45) is 5.41 Å². The predicted octanol–water partition coefficient (Wildman–Crippen LogP) is 3.49. The van der Waals surface area contributed by atoms with Gasteiger partial charge in [0, 0.05) is 23.9 Å². The second-order valence-corrected chi connectivity index (χ2v) is 5.80. The van der Waals surface area contributed by atoms with Gasteiger partial charge in [0.2, 0.25) is 5.91 Å². The molecular formula is C19H20N2O. The molecule has 2 aromatic rings. The molecule has 3 nitrogen and oxygen atoms in total. The summed E-state index contributed by atoms with van der Waals surface area (Å²) in [5.41, 5.74) is 1.56. The van der Waals surface area contributed by atoms with Crippen LogP contribution in [0.25, 0.3) is 0 Å². The van der Waals surface area contributed by atoms with Crippen molar-refractivity contribution in [2.45, 2.75) is 21.3 Å². The van der Waals surface area contributed by atoms with Gasteiger partial charge in [-0.25, -0.2) is 4.98 Å². The topological polar surface area (TPSA) is 33.2 Å². The molecule has 0 bridgehead atoms. The summed E-state index contributed by atoms with van der Waals surface area (Å²) in [7, 11) is 0. The maximum Gasteiger partial charge on any atom is 0.235 e. The number of aromatic nitrogens is 1. The molecular weight excluding hydrogens is 272 g/mol. The Kier molecular flexibility index (Phi) is 4.32. The summed E-state index contributed by atoms with van der Waals surface area (Å²) in [4.78, 5) is 18.0. The number of pyridine rings is 1. The molecule has 1 amide bonds. The Balaban J connectivity index is 0.00000176. The van der Waals surface area contributed by atoms with E-state index in [1.54, 1.807) is 11.1 Å². The van der Waals surface area contributed by atoms with Crippen molar-refractivity contribution >= 4 is 11.7 Å². The minimum Gasteiger partial charge on any atom is -0.295 e. The van der Waals surface area contributed by atoms with Crippen molar-refractivity contribution in [3.05, 3.63) is 59.8 Å². The van der Waals surface area contributed by atoms with Crippen LogP contribution >= 0.6 is 0 Å². The lowest BCUT2D eigenvalue weighted by Gasteiger charge is -2.43. The smallest absolute Gasteiger partial charge is 0.235 e. The van der Waals surface area contributed by atoms with E-state index in [-0.39, 0.29) is 18.7 Å². The van der Waals surface area contributed by atoms with E-state index in [1.165, 1.54) is 0 Å². The van der Waals surface area contributed by atoms with Crippen LogP contribution in [0.1, 0.15) is 32.4 Å².